The smallest absolute Gasteiger partial charge is 0.138 e. The molecule has 0 amide bonds. The molecule has 2 nitrogen and oxygen atoms in total. The summed E-state index contributed by atoms with van der Waals surface area (Å²) in [6.07, 6.45) is 0. The van der Waals surface area contributed by atoms with Crippen molar-refractivity contribution in [2.75, 3.05) is 13.7 Å². The monoisotopic (exact) mass is 257 g/mol. The Labute approximate surface area is 106 Å². The van der Waals surface area contributed by atoms with Gasteiger partial charge in [0.1, 0.15) is 5.75 Å². The number of methoxy groups -OCH3 is 1. The fourth-order valence-corrected chi connectivity index (χ4v) is 1.69. The molecule has 1 aromatic rings. The SMILES string of the molecule is CC#CCNCc1cc(Cl)c(OC)cc1Cl. The highest BCUT2D eigenvalue weighted by Crippen LogP contribution is 2.30. The third kappa shape index (κ3) is 3.61. The molecule has 0 aliphatic heterocycles. The summed E-state index contributed by atoms with van der Waals surface area (Å²) < 4.78 is 5.06. The minimum atomic E-state index is 0.560. The van der Waals surface area contributed by atoms with Crippen molar-refractivity contribution in [2.45, 2.75) is 13.5 Å². The first kappa shape index (κ1) is 13.2. The van der Waals surface area contributed by atoms with E-state index in [1.807, 2.05) is 0 Å². The van der Waals surface area contributed by atoms with Crippen molar-refractivity contribution in [3.8, 4) is 17.6 Å². The van der Waals surface area contributed by atoms with E-state index in [1.54, 1.807) is 26.2 Å². The van der Waals surface area contributed by atoms with Gasteiger partial charge < -0.3 is 10.1 Å². The van der Waals surface area contributed by atoms with Gasteiger partial charge in [-0.25, -0.2) is 0 Å². The minimum absolute atomic E-state index is 0.560. The summed E-state index contributed by atoms with van der Waals surface area (Å²) in [6, 6.07) is 3.52. The molecule has 86 valence electrons. The Morgan fingerprint density at radius 1 is 1.31 bits per heavy atom. The van der Waals surface area contributed by atoms with Crippen LogP contribution in [-0.2, 0) is 6.54 Å². The van der Waals surface area contributed by atoms with Crippen LogP contribution >= 0.6 is 23.2 Å². The van der Waals surface area contributed by atoms with Crippen molar-refractivity contribution < 1.29 is 4.74 Å². The van der Waals surface area contributed by atoms with Gasteiger partial charge in [0.2, 0.25) is 0 Å². The van der Waals surface area contributed by atoms with E-state index in [1.165, 1.54) is 0 Å². The van der Waals surface area contributed by atoms with Crippen LogP contribution in [0.15, 0.2) is 12.1 Å². The molecule has 16 heavy (non-hydrogen) atoms. The van der Waals surface area contributed by atoms with E-state index in [-0.39, 0.29) is 0 Å². The predicted molar refractivity (Wildman–Crippen MR) is 68.2 cm³/mol. The van der Waals surface area contributed by atoms with Gasteiger partial charge in [0, 0.05) is 17.6 Å². The maximum Gasteiger partial charge on any atom is 0.138 e. The van der Waals surface area contributed by atoms with Gasteiger partial charge in [-0.05, 0) is 18.6 Å². The molecule has 0 aliphatic carbocycles. The van der Waals surface area contributed by atoms with E-state index in [0.29, 0.717) is 28.9 Å². The van der Waals surface area contributed by atoms with Gasteiger partial charge in [-0.15, -0.1) is 5.92 Å². The number of ether oxygens (including phenoxy) is 1. The number of hydrogen-bond acceptors (Lipinski definition) is 2. The Kier molecular flexibility index (Phi) is 5.48. The van der Waals surface area contributed by atoms with Crippen molar-refractivity contribution >= 4 is 23.2 Å². The van der Waals surface area contributed by atoms with Crippen LogP contribution in [0.3, 0.4) is 0 Å². The number of halogens is 2. The second-order valence-electron chi connectivity index (χ2n) is 3.11. The van der Waals surface area contributed by atoms with Gasteiger partial charge in [-0.3, -0.25) is 0 Å². The van der Waals surface area contributed by atoms with Gasteiger partial charge >= 0.3 is 0 Å². The molecular weight excluding hydrogens is 245 g/mol. The summed E-state index contributed by atoms with van der Waals surface area (Å²) in [5.74, 6) is 6.31. The van der Waals surface area contributed by atoms with Gasteiger partial charge in [0.25, 0.3) is 0 Å². The fourth-order valence-electron chi connectivity index (χ4n) is 1.21. The highest BCUT2D eigenvalue weighted by atomic mass is 35.5. The van der Waals surface area contributed by atoms with E-state index in [9.17, 15) is 0 Å². The normalized spacial score (nSPS) is 9.50. The molecular formula is C12H13Cl2NO. The number of nitrogens with one attached hydrogen (secondary N) is 1. The number of benzene rings is 1. The molecule has 1 rings (SSSR count). The minimum Gasteiger partial charge on any atom is -0.495 e. The molecule has 1 N–H and O–H groups in total. The first-order valence-electron chi connectivity index (χ1n) is 4.81. The van der Waals surface area contributed by atoms with Crippen LogP contribution in [0.2, 0.25) is 10.0 Å². The Morgan fingerprint density at radius 2 is 2.06 bits per heavy atom. The standard InChI is InChI=1S/C12H13Cl2NO/c1-3-4-5-15-8-9-6-11(14)12(16-2)7-10(9)13/h6-7,15H,5,8H2,1-2H3. The van der Waals surface area contributed by atoms with Crippen LogP contribution < -0.4 is 10.1 Å². The molecule has 0 saturated heterocycles. The van der Waals surface area contributed by atoms with Crippen LogP contribution in [0.25, 0.3) is 0 Å². The number of hydrogen-bond donors (Lipinski definition) is 1. The molecule has 0 heterocycles. The highest BCUT2D eigenvalue weighted by Gasteiger charge is 2.06. The first-order chi connectivity index (χ1) is 7.69. The van der Waals surface area contributed by atoms with E-state index in [0.717, 1.165) is 5.56 Å². The van der Waals surface area contributed by atoms with Crippen molar-refractivity contribution in [3.05, 3.63) is 27.7 Å². The third-order valence-corrected chi connectivity index (χ3v) is 2.67. The average Bonchev–Trinajstić information content (AvgIpc) is 2.28. The molecule has 0 aliphatic rings. The lowest BCUT2D eigenvalue weighted by Crippen LogP contribution is -2.13. The fraction of sp³-hybridized carbons (Fsp3) is 0.333. The molecule has 0 bridgehead atoms. The highest BCUT2D eigenvalue weighted by molar-refractivity contribution is 6.34. The molecule has 0 spiro atoms. The lowest BCUT2D eigenvalue weighted by molar-refractivity contribution is 0.415. The quantitative estimate of drug-likeness (QED) is 0.661. The summed E-state index contributed by atoms with van der Waals surface area (Å²) in [5, 5.41) is 4.35. The zero-order chi connectivity index (χ0) is 12.0. The predicted octanol–water partition coefficient (Wildman–Crippen LogP) is 3.11. The van der Waals surface area contributed by atoms with E-state index < -0.39 is 0 Å². The maximum atomic E-state index is 6.08. The second-order valence-corrected chi connectivity index (χ2v) is 3.92. The first-order valence-corrected chi connectivity index (χ1v) is 5.57. The zero-order valence-corrected chi connectivity index (χ0v) is 10.7. The van der Waals surface area contributed by atoms with Crippen molar-refractivity contribution in [3.63, 3.8) is 0 Å². The Bertz CT molecular complexity index is 421. The van der Waals surface area contributed by atoms with Crippen LogP contribution in [0.4, 0.5) is 0 Å². The lowest BCUT2D eigenvalue weighted by Gasteiger charge is -2.08. The van der Waals surface area contributed by atoms with Gasteiger partial charge in [-0.1, -0.05) is 29.1 Å². The third-order valence-electron chi connectivity index (χ3n) is 2.03. The summed E-state index contributed by atoms with van der Waals surface area (Å²) in [4.78, 5) is 0. The van der Waals surface area contributed by atoms with E-state index in [2.05, 4.69) is 17.2 Å². The molecule has 1 aromatic carbocycles. The molecule has 0 atom stereocenters. The van der Waals surface area contributed by atoms with Crippen LogP contribution in [0, 0.1) is 11.8 Å². The molecule has 4 heteroatoms. The second kappa shape index (κ2) is 6.65. The van der Waals surface area contributed by atoms with Gasteiger partial charge in [0.05, 0.1) is 18.7 Å². The summed E-state index contributed by atoms with van der Waals surface area (Å²) in [5.41, 5.74) is 0.936. The van der Waals surface area contributed by atoms with Crippen LogP contribution in [-0.4, -0.2) is 13.7 Å². The van der Waals surface area contributed by atoms with Gasteiger partial charge in [-0.2, -0.15) is 0 Å². The largest absolute Gasteiger partial charge is 0.495 e. The topological polar surface area (TPSA) is 21.3 Å². The molecule has 0 saturated carbocycles. The summed E-state index contributed by atoms with van der Waals surface area (Å²) >= 11 is 12.1. The molecule has 0 aromatic heterocycles. The average molecular weight is 258 g/mol. The maximum absolute atomic E-state index is 6.08. The number of rotatable bonds is 4. The lowest BCUT2D eigenvalue weighted by atomic mass is 10.2. The Hall–Kier alpha value is -0.880. The molecule has 0 unspecified atom stereocenters. The van der Waals surface area contributed by atoms with Crippen molar-refractivity contribution in [1.29, 1.82) is 0 Å². The van der Waals surface area contributed by atoms with Crippen LogP contribution in [0.1, 0.15) is 12.5 Å². The van der Waals surface area contributed by atoms with E-state index >= 15 is 0 Å². The van der Waals surface area contributed by atoms with Crippen LogP contribution in [0.5, 0.6) is 5.75 Å². The Morgan fingerprint density at radius 3 is 2.69 bits per heavy atom. The molecule has 0 fully saturated rings. The summed E-state index contributed by atoms with van der Waals surface area (Å²) in [6.45, 7) is 3.08. The van der Waals surface area contributed by atoms with Crippen molar-refractivity contribution in [2.24, 2.45) is 0 Å². The van der Waals surface area contributed by atoms with Crippen molar-refractivity contribution in [1.82, 2.24) is 5.32 Å². The van der Waals surface area contributed by atoms with Gasteiger partial charge in [0.15, 0.2) is 0 Å². The van der Waals surface area contributed by atoms with E-state index in [4.69, 9.17) is 27.9 Å². The zero-order valence-electron chi connectivity index (χ0n) is 9.23. The Balaban J connectivity index is 2.72. The summed E-state index contributed by atoms with van der Waals surface area (Å²) in [7, 11) is 1.56. The molecule has 0 radical (unpaired) electrons.